The Hall–Kier alpha value is -3.53. The SMILES string of the molecule is O=c1ccc(Cc2cccc(-c3ccccc3F)c2-c2ccccc2F)c[nH]1. The molecule has 0 saturated heterocycles. The van der Waals surface area contributed by atoms with E-state index in [-0.39, 0.29) is 17.2 Å². The van der Waals surface area contributed by atoms with Crippen LogP contribution in [0.25, 0.3) is 22.3 Å². The van der Waals surface area contributed by atoms with Crippen molar-refractivity contribution in [1.82, 2.24) is 4.98 Å². The molecule has 28 heavy (non-hydrogen) atoms. The lowest BCUT2D eigenvalue weighted by Crippen LogP contribution is -2.04. The number of aromatic nitrogens is 1. The summed E-state index contributed by atoms with van der Waals surface area (Å²) in [6.45, 7) is 0. The van der Waals surface area contributed by atoms with Crippen LogP contribution in [0.1, 0.15) is 11.1 Å². The molecular weight excluding hydrogens is 356 g/mol. The number of benzene rings is 3. The van der Waals surface area contributed by atoms with Gasteiger partial charge in [-0.3, -0.25) is 4.79 Å². The Labute approximate surface area is 161 Å². The summed E-state index contributed by atoms with van der Waals surface area (Å²) in [6.07, 6.45) is 2.12. The van der Waals surface area contributed by atoms with Crippen molar-refractivity contribution in [3.63, 3.8) is 0 Å². The number of aromatic amines is 1. The molecule has 2 nitrogen and oxygen atoms in total. The maximum Gasteiger partial charge on any atom is 0.247 e. The van der Waals surface area contributed by atoms with Crippen molar-refractivity contribution in [3.8, 4) is 22.3 Å². The molecule has 0 aliphatic rings. The first-order chi connectivity index (χ1) is 13.6. The fraction of sp³-hybridized carbons (Fsp3) is 0.0417. The van der Waals surface area contributed by atoms with Crippen molar-refractivity contribution in [2.75, 3.05) is 0 Å². The predicted molar refractivity (Wildman–Crippen MR) is 107 cm³/mol. The summed E-state index contributed by atoms with van der Waals surface area (Å²) in [5.41, 5.74) is 3.66. The Morgan fingerprint density at radius 3 is 1.96 bits per heavy atom. The first-order valence-electron chi connectivity index (χ1n) is 8.93. The lowest BCUT2D eigenvalue weighted by atomic mass is 9.88. The molecule has 3 aromatic carbocycles. The number of halogens is 2. The van der Waals surface area contributed by atoms with Gasteiger partial charge in [0.25, 0.3) is 0 Å². The molecule has 0 aliphatic heterocycles. The third kappa shape index (κ3) is 3.49. The monoisotopic (exact) mass is 373 g/mol. The minimum absolute atomic E-state index is 0.182. The van der Waals surface area contributed by atoms with Crippen LogP contribution in [0.15, 0.2) is 89.9 Å². The van der Waals surface area contributed by atoms with Gasteiger partial charge in [0.1, 0.15) is 11.6 Å². The van der Waals surface area contributed by atoms with Gasteiger partial charge in [-0.25, -0.2) is 8.78 Å². The summed E-state index contributed by atoms with van der Waals surface area (Å²) in [6, 6.07) is 21.7. The molecule has 4 heteroatoms. The van der Waals surface area contributed by atoms with Gasteiger partial charge >= 0.3 is 0 Å². The molecule has 4 aromatic rings. The van der Waals surface area contributed by atoms with Crippen molar-refractivity contribution in [1.29, 1.82) is 0 Å². The number of hydrogen-bond acceptors (Lipinski definition) is 1. The maximum atomic E-state index is 14.7. The predicted octanol–water partition coefficient (Wildman–Crippen LogP) is 5.58. The number of rotatable bonds is 4. The Morgan fingerprint density at radius 1 is 0.679 bits per heavy atom. The van der Waals surface area contributed by atoms with E-state index in [2.05, 4.69) is 4.98 Å². The van der Waals surface area contributed by atoms with Crippen LogP contribution in [0.4, 0.5) is 8.78 Å². The summed E-state index contributed by atoms with van der Waals surface area (Å²) in [5, 5.41) is 0. The van der Waals surface area contributed by atoms with Crippen molar-refractivity contribution < 1.29 is 8.78 Å². The number of hydrogen-bond donors (Lipinski definition) is 1. The van der Waals surface area contributed by atoms with E-state index in [0.29, 0.717) is 28.7 Å². The summed E-state index contributed by atoms with van der Waals surface area (Å²) >= 11 is 0. The van der Waals surface area contributed by atoms with E-state index >= 15 is 0 Å². The highest BCUT2D eigenvalue weighted by Gasteiger charge is 2.17. The molecule has 138 valence electrons. The van der Waals surface area contributed by atoms with Gasteiger partial charge in [-0.1, -0.05) is 60.7 Å². The highest BCUT2D eigenvalue weighted by atomic mass is 19.1. The first kappa shape index (κ1) is 17.9. The third-order valence-corrected chi connectivity index (χ3v) is 4.70. The molecule has 0 spiro atoms. The molecule has 0 aliphatic carbocycles. The summed E-state index contributed by atoms with van der Waals surface area (Å²) < 4.78 is 29.2. The number of pyridine rings is 1. The Balaban J connectivity index is 1.95. The Morgan fingerprint density at radius 2 is 1.32 bits per heavy atom. The number of nitrogens with one attached hydrogen (secondary N) is 1. The molecule has 0 unspecified atom stereocenters. The second kappa shape index (κ2) is 7.61. The van der Waals surface area contributed by atoms with Gasteiger partial charge in [0.05, 0.1) is 0 Å². The zero-order chi connectivity index (χ0) is 19.5. The standard InChI is InChI=1S/C24H17F2NO/c25-21-10-3-1-7-18(21)19-9-5-6-17(14-16-12-13-23(28)27-15-16)24(19)20-8-2-4-11-22(20)26/h1-13,15H,14H2,(H,27,28). The minimum atomic E-state index is -0.367. The number of H-pyrrole nitrogens is 1. The average molecular weight is 373 g/mol. The summed E-state index contributed by atoms with van der Waals surface area (Å²) in [4.78, 5) is 14.0. The van der Waals surface area contributed by atoms with Crippen LogP contribution >= 0.6 is 0 Å². The summed E-state index contributed by atoms with van der Waals surface area (Å²) in [5.74, 6) is -0.727. The van der Waals surface area contributed by atoms with Crippen LogP contribution in [0.2, 0.25) is 0 Å². The maximum absolute atomic E-state index is 14.7. The van der Waals surface area contributed by atoms with E-state index in [1.165, 1.54) is 18.2 Å². The van der Waals surface area contributed by atoms with Crippen LogP contribution < -0.4 is 5.56 Å². The topological polar surface area (TPSA) is 32.9 Å². The van der Waals surface area contributed by atoms with Crippen molar-refractivity contribution in [2.45, 2.75) is 6.42 Å². The Bertz CT molecular complexity index is 1180. The van der Waals surface area contributed by atoms with Gasteiger partial charge in [-0.2, -0.15) is 0 Å². The lowest BCUT2D eigenvalue weighted by Gasteiger charge is -2.17. The van der Waals surface area contributed by atoms with E-state index in [1.807, 2.05) is 12.1 Å². The van der Waals surface area contributed by atoms with Crippen LogP contribution in [0.3, 0.4) is 0 Å². The summed E-state index contributed by atoms with van der Waals surface area (Å²) in [7, 11) is 0. The second-order valence-corrected chi connectivity index (χ2v) is 6.54. The molecule has 1 aromatic heterocycles. The van der Waals surface area contributed by atoms with Gasteiger partial charge < -0.3 is 4.98 Å². The van der Waals surface area contributed by atoms with Gasteiger partial charge in [0, 0.05) is 23.4 Å². The molecule has 0 atom stereocenters. The van der Waals surface area contributed by atoms with E-state index in [4.69, 9.17) is 0 Å². The van der Waals surface area contributed by atoms with Crippen molar-refractivity contribution >= 4 is 0 Å². The highest BCUT2D eigenvalue weighted by Crippen LogP contribution is 2.38. The molecule has 0 bridgehead atoms. The smallest absolute Gasteiger partial charge is 0.247 e. The van der Waals surface area contributed by atoms with Crippen LogP contribution in [-0.4, -0.2) is 4.98 Å². The second-order valence-electron chi connectivity index (χ2n) is 6.54. The molecule has 0 radical (unpaired) electrons. The fourth-order valence-electron chi connectivity index (χ4n) is 3.41. The van der Waals surface area contributed by atoms with Crippen LogP contribution in [0, 0.1) is 11.6 Å². The van der Waals surface area contributed by atoms with E-state index in [1.54, 1.807) is 54.7 Å². The minimum Gasteiger partial charge on any atom is -0.329 e. The highest BCUT2D eigenvalue weighted by molar-refractivity contribution is 5.86. The Kier molecular flexibility index (Phi) is 4.85. The van der Waals surface area contributed by atoms with Gasteiger partial charge in [0.15, 0.2) is 0 Å². The lowest BCUT2D eigenvalue weighted by molar-refractivity contribution is 0.629. The van der Waals surface area contributed by atoms with E-state index in [0.717, 1.165) is 11.1 Å². The molecule has 1 heterocycles. The van der Waals surface area contributed by atoms with Gasteiger partial charge in [-0.05, 0) is 40.8 Å². The largest absolute Gasteiger partial charge is 0.329 e. The average Bonchev–Trinajstić information content (AvgIpc) is 2.71. The van der Waals surface area contributed by atoms with E-state index in [9.17, 15) is 13.6 Å². The quantitative estimate of drug-likeness (QED) is 0.498. The van der Waals surface area contributed by atoms with Gasteiger partial charge in [0.2, 0.25) is 5.56 Å². The normalized spacial score (nSPS) is 10.8. The third-order valence-electron chi connectivity index (χ3n) is 4.70. The van der Waals surface area contributed by atoms with Crippen LogP contribution in [-0.2, 0) is 6.42 Å². The van der Waals surface area contributed by atoms with Crippen molar-refractivity contribution in [3.05, 3.63) is 118 Å². The van der Waals surface area contributed by atoms with Crippen LogP contribution in [0.5, 0.6) is 0 Å². The zero-order valence-corrected chi connectivity index (χ0v) is 15.0. The molecule has 4 rings (SSSR count). The molecule has 0 amide bonds. The molecule has 0 saturated carbocycles. The molecule has 1 N–H and O–H groups in total. The molecule has 0 fully saturated rings. The molecular formula is C24H17F2NO. The first-order valence-corrected chi connectivity index (χ1v) is 8.93. The fourth-order valence-corrected chi connectivity index (χ4v) is 3.41. The van der Waals surface area contributed by atoms with Gasteiger partial charge in [-0.15, -0.1) is 0 Å². The zero-order valence-electron chi connectivity index (χ0n) is 15.0. The van der Waals surface area contributed by atoms with Crippen molar-refractivity contribution in [2.24, 2.45) is 0 Å². The van der Waals surface area contributed by atoms with E-state index < -0.39 is 0 Å².